The zero-order valence-electron chi connectivity index (χ0n) is 16.1. The first-order valence-electron chi connectivity index (χ1n) is 8.33. The fourth-order valence-electron chi connectivity index (χ4n) is 2.74. The van der Waals surface area contributed by atoms with Crippen LogP contribution in [-0.4, -0.2) is 41.3 Å². The number of ether oxygens (including phenoxy) is 2. The van der Waals surface area contributed by atoms with Crippen LogP contribution in [0.2, 0.25) is 0 Å². The molecule has 0 saturated carbocycles. The summed E-state index contributed by atoms with van der Waals surface area (Å²) >= 11 is 0. The Hall–Kier alpha value is -2.74. The molecule has 0 spiro atoms. The second-order valence-electron chi connectivity index (χ2n) is 5.92. The predicted octanol–water partition coefficient (Wildman–Crippen LogP) is 3.05. The van der Waals surface area contributed by atoms with Crippen LogP contribution >= 0.6 is 0 Å². The number of hydrogen-bond acceptors (Lipinski definition) is 5. The lowest BCUT2D eigenvalue weighted by atomic mass is 10.1. The van der Waals surface area contributed by atoms with Crippen LogP contribution < -0.4 is 19.1 Å². The molecule has 2 rings (SSSR count). The maximum atomic E-state index is 13.0. The number of nitrogens with zero attached hydrogens (tertiary/aromatic N) is 1. The van der Waals surface area contributed by atoms with Crippen molar-refractivity contribution < 1.29 is 22.7 Å². The van der Waals surface area contributed by atoms with Gasteiger partial charge in [0.25, 0.3) is 5.91 Å². The van der Waals surface area contributed by atoms with Gasteiger partial charge in [-0.25, -0.2) is 8.42 Å². The number of carbonyl (C=O) groups is 1. The van der Waals surface area contributed by atoms with Crippen LogP contribution in [-0.2, 0) is 10.0 Å². The second kappa shape index (κ2) is 8.30. The molecule has 7 nitrogen and oxygen atoms in total. The summed E-state index contributed by atoms with van der Waals surface area (Å²) in [7, 11) is -0.690. The number of aryl methyl sites for hydroxylation is 1. The zero-order chi connectivity index (χ0) is 20.2. The van der Waals surface area contributed by atoms with E-state index in [9.17, 15) is 13.2 Å². The maximum Gasteiger partial charge on any atom is 0.257 e. The summed E-state index contributed by atoms with van der Waals surface area (Å²) in [4.78, 5) is 13.0. The van der Waals surface area contributed by atoms with Crippen molar-refractivity contribution in [3.63, 3.8) is 0 Å². The minimum Gasteiger partial charge on any atom is -0.493 e. The molecule has 0 heterocycles. The average Bonchev–Trinajstić information content (AvgIpc) is 2.62. The first-order chi connectivity index (χ1) is 12.7. The lowest BCUT2D eigenvalue weighted by molar-refractivity contribution is 0.102. The number of rotatable bonds is 7. The molecule has 27 heavy (non-hydrogen) atoms. The maximum absolute atomic E-state index is 13.0. The molecule has 1 N–H and O–H groups in total. The topological polar surface area (TPSA) is 84.9 Å². The van der Waals surface area contributed by atoms with Crippen molar-refractivity contribution in [1.29, 1.82) is 0 Å². The van der Waals surface area contributed by atoms with Crippen LogP contribution in [0.3, 0.4) is 0 Å². The molecule has 0 radical (unpaired) electrons. The number of sulfonamides is 1. The zero-order valence-corrected chi connectivity index (χ0v) is 16.9. The van der Waals surface area contributed by atoms with Gasteiger partial charge in [-0.15, -0.1) is 0 Å². The molecule has 0 bridgehead atoms. The van der Waals surface area contributed by atoms with Gasteiger partial charge in [-0.3, -0.25) is 9.10 Å². The number of para-hydroxylation sites is 1. The molecule has 0 unspecified atom stereocenters. The Labute approximate surface area is 160 Å². The first-order valence-corrected chi connectivity index (χ1v) is 10.2. The van der Waals surface area contributed by atoms with E-state index in [4.69, 9.17) is 9.47 Å². The summed E-state index contributed by atoms with van der Waals surface area (Å²) in [5, 5.41) is 2.83. The normalized spacial score (nSPS) is 11.0. The fraction of sp³-hybridized carbons (Fsp3) is 0.316. The van der Waals surface area contributed by atoms with Crippen LogP contribution in [0.5, 0.6) is 11.5 Å². The van der Waals surface area contributed by atoms with Gasteiger partial charge in [0, 0.05) is 18.3 Å². The highest BCUT2D eigenvalue weighted by Gasteiger charge is 2.25. The van der Waals surface area contributed by atoms with Gasteiger partial charge in [-0.2, -0.15) is 0 Å². The highest BCUT2D eigenvalue weighted by Crippen LogP contribution is 2.36. The van der Waals surface area contributed by atoms with Crippen molar-refractivity contribution >= 4 is 27.3 Å². The molecule has 0 aliphatic rings. The molecular formula is C19H24N2O5S. The van der Waals surface area contributed by atoms with Crippen molar-refractivity contribution in [1.82, 2.24) is 0 Å². The van der Waals surface area contributed by atoms with Crippen LogP contribution in [0.4, 0.5) is 11.4 Å². The number of anilines is 2. The molecule has 0 aliphatic carbocycles. The molecule has 1 amide bonds. The Morgan fingerprint density at radius 2 is 1.70 bits per heavy atom. The minimum absolute atomic E-state index is 0.166. The third-order valence-electron chi connectivity index (χ3n) is 4.10. The Bertz CT molecular complexity index is 941. The highest BCUT2D eigenvalue weighted by atomic mass is 32.2. The Kier molecular flexibility index (Phi) is 6.32. The average molecular weight is 392 g/mol. The third kappa shape index (κ3) is 4.51. The lowest BCUT2D eigenvalue weighted by Gasteiger charge is -2.24. The molecular weight excluding hydrogens is 368 g/mol. The smallest absolute Gasteiger partial charge is 0.257 e. The summed E-state index contributed by atoms with van der Waals surface area (Å²) in [6.07, 6.45) is 1.09. The SMILES string of the molecule is CCN(c1cc(OC)c(OC)cc1C(=O)Nc1ccccc1C)S(C)(=O)=O. The summed E-state index contributed by atoms with van der Waals surface area (Å²) in [6.45, 7) is 3.74. The van der Waals surface area contributed by atoms with E-state index in [0.717, 1.165) is 16.1 Å². The molecule has 0 saturated heterocycles. The summed E-state index contributed by atoms with van der Waals surface area (Å²) < 4.78 is 36.2. The summed E-state index contributed by atoms with van der Waals surface area (Å²) in [6, 6.07) is 10.3. The molecule has 2 aromatic carbocycles. The van der Waals surface area contributed by atoms with Crippen LogP contribution in [0, 0.1) is 6.92 Å². The molecule has 0 fully saturated rings. The Morgan fingerprint density at radius 3 is 2.22 bits per heavy atom. The van der Waals surface area contributed by atoms with Gasteiger partial charge in [0.1, 0.15) is 0 Å². The van der Waals surface area contributed by atoms with E-state index in [0.29, 0.717) is 17.2 Å². The molecule has 0 atom stereocenters. The third-order valence-corrected chi connectivity index (χ3v) is 5.35. The number of carbonyl (C=O) groups excluding carboxylic acids is 1. The van der Waals surface area contributed by atoms with Crippen molar-refractivity contribution in [2.45, 2.75) is 13.8 Å². The standard InChI is InChI=1S/C19H24N2O5S/c1-6-21(27(5,23)24)16-12-18(26-4)17(25-3)11-14(16)19(22)20-15-10-8-7-9-13(15)2/h7-12H,6H2,1-5H3,(H,20,22). The van der Waals surface area contributed by atoms with Gasteiger partial charge in [-0.1, -0.05) is 18.2 Å². The molecule has 146 valence electrons. The number of methoxy groups -OCH3 is 2. The molecule has 0 aromatic heterocycles. The lowest BCUT2D eigenvalue weighted by Crippen LogP contribution is -2.31. The predicted molar refractivity (Wildman–Crippen MR) is 107 cm³/mol. The van der Waals surface area contributed by atoms with Crippen molar-refractivity contribution in [2.75, 3.05) is 36.6 Å². The fourth-order valence-corrected chi connectivity index (χ4v) is 3.72. The largest absolute Gasteiger partial charge is 0.493 e. The van der Waals surface area contributed by atoms with Crippen molar-refractivity contribution in [3.8, 4) is 11.5 Å². The van der Waals surface area contributed by atoms with Crippen molar-refractivity contribution in [2.24, 2.45) is 0 Å². The van der Waals surface area contributed by atoms with Gasteiger partial charge < -0.3 is 14.8 Å². The molecule has 2 aromatic rings. The van der Waals surface area contributed by atoms with E-state index in [1.54, 1.807) is 13.0 Å². The van der Waals surface area contributed by atoms with E-state index >= 15 is 0 Å². The Morgan fingerprint density at radius 1 is 1.11 bits per heavy atom. The van der Waals surface area contributed by atoms with E-state index in [1.807, 2.05) is 25.1 Å². The van der Waals surface area contributed by atoms with Crippen LogP contribution in [0.1, 0.15) is 22.8 Å². The highest BCUT2D eigenvalue weighted by molar-refractivity contribution is 7.92. The van der Waals surface area contributed by atoms with E-state index in [1.165, 1.54) is 26.4 Å². The van der Waals surface area contributed by atoms with Gasteiger partial charge in [0.2, 0.25) is 10.0 Å². The van der Waals surface area contributed by atoms with Crippen LogP contribution in [0.25, 0.3) is 0 Å². The minimum atomic E-state index is -3.59. The first kappa shape index (κ1) is 20.6. The number of amides is 1. The molecule has 0 aliphatic heterocycles. The molecule has 8 heteroatoms. The number of hydrogen-bond donors (Lipinski definition) is 1. The summed E-state index contributed by atoms with van der Waals surface area (Å²) in [5.41, 5.74) is 1.93. The second-order valence-corrected chi connectivity index (χ2v) is 7.83. The van der Waals surface area contributed by atoms with E-state index < -0.39 is 15.9 Å². The van der Waals surface area contributed by atoms with Crippen molar-refractivity contribution in [3.05, 3.63) is 47.5 Å². The monoisotopic (exact) mass is 392 g/mol. The number of nitrogens with one attached hydrogen (secondary N) is 1. The van der Waals surface area contributed by atoms with E-state index in [2.05, 4.69) is 5.32 Å². The van der Waals surface area contributed by atoms with Gasteiger partial charge in [0.05, 0.1) is 31.7 Å². The van der Waals surface area contributed by atoms with Gasteiger partial charge in [0.15, 0.2) is 11.5 Å². The van der Waals surface area contributed by atoms with Gasteiger partial charge in [-0.05, 0) is 31.5 Å². The van der Waals surface area contributed by atoms with Gasteiger partial charge >= 0.3 is 0 Å². The van der Waals surface area contributed by atoms with E-state index in [-0.39, 0.29) is 17.8 Å². The number of benzene rings is 2. The quantitative estimate of drug-likeness (QED) is 0.783. The Balaban J connectivity index is 2.61. The van der Waals surface area contributed by atoms with Crippen LogP contribution in [0.15, 0.2) is 36.4 Å². The summed E-state index contributed by atoms with van der Waals surface area (Å²) in [5.74, 6) is 0.227.